The number of aromatic nitrogens is 2. The van der Waals surface area contributed by atoms with Crippen LogP contribution in [0.2, 0.25) is 5.02 Å². The molecule has 0 bridgehead atoms. The van der Waals surface area contributed by atoms with Crippen LogP contribution < -0.4 is 4.18 Å². The summed E-state index contributed by atoms with van der Waals surface area (Å²) in [5.41, 5.74) is 1.14. The third kappa shape index (κ3) is 3.77. The molecular weight excluding hydrogens is 312 g/mol. The van der Waals surface area contributed by atoms with Crippen LogP contribution >= 0.6 is 11.6 Å². The maximum Gasteiger partial charge on any atom is 0.311 e. The van der Waals surface area contributed by atoms with Crippen LogP contribution in [0.5, 0.6) is 5.75 Å². The van der Waals surface area contributed by atoms with Crippen molar-refractivity contribution in [3.8, 4) is 5.75 Å². The third-order valence-corrected chi connectivity index (χ3v) is 4.79. The Balaban J connectivity index is 1.66. The molecule has 7 heteroatoms. The molecule has 1 heterocycles. The lowest BCUT2D eigenvalue weighted by molar-refractivity contribution is 0.481. The SMILES string of the molecule is O=S(=O)(CCn1ccnc1)Oc1ccc(C2CC2)cc1Cl. The second-order valence-electron chi connectivity index (χ2n) is 5.11. The fraction of sp³-hybridized carbons (Fsp3) is 0.357. The Hall–Kier alpha value is -1.53. The van der Waals surface area contributed by atoms with Crippen LogP contribution in [0.25, 0.3) is 0 Å². The molecule has 0 unspecified atom stereocenters. The van der Waals surface area contributed by atoms with Crippen LogP contribution in [0, 0.1) is 0 Å². The quantitative estimate of drug-likeness (QED) is 0.766. The molecule has 5 nitrogen and oxygen atoms in total. The van der Waals surface area contributed by atoms with Crippen molar-refractivity contribution in [1.29, 1.82) is 0 Å². The van der Waals surface area contributed by atoms with E-state index in [0.717, 1.165) is 5.56 Å². The number of rotatable bonds is 6. The highest BCUT2D eigenvalue weighted by atomic mass is 35.5. The molecule has 1 fully saturated rings. The van der Waals surface area contributed by atoms with Gasteiger partial charge in [-0.15, -0.1) is 0 Å². The molecule has 0 saturated heterocycles. The summed E-state index contributed by atoms with van der Waals surface area (Å²) < 4.78 is 30.7. The van der Waals surface area contributed by atoms with Crippen LogP contribution in [0.15, 0.2) is 36.9 Å². The molecule has 3 rings (SSSR count). The number of nitrogens with zero attached hydrogens (tertiary/aromatic N) is 2. The van der Waals surface area contributed by atoms with Gasteiger partial charge >= 0.3 is 10.1 Å². The Morgan fingerprint density at radius 3 is 2.81 bits per heavy atom. The molecule has 0 radical (unpaired) electrons. The highest BCUT2D eigenvalue weighted by Gasteiger charge is 2.24. The third-order valence-electron chi connectivity index (χ3n) is 3.38. The van der Waals surface area contributed by atoms with E-state index in [1.165, 1.54) is 12.8 Å². The van der Waals surface area contributed by atoms with E-state index in [9.17, 15) is 8.42 Å². The van der Waals surface area contributed by atoms with Gasteiger partial charge in [-0.05, 0) is 36.5 Å². The summed E-state index contributed by atoms with van der Waals surface area (Å²) in [4.78, 5) is 3.86. The minimum atomic E-state index is -3.68. The summed E-state index contributed by atoms with van der Waals surface area (Å²) in [5, 5.41) is 0.339. The number of halogens is 1. The van der Waals surface area contributed by atoms with E-state index in [4.69, 9.17) is 15.8 Å². The second kappa shape index (κ2) is 5.69. The molecule has 1 aromatic heterocycles. The lowest BCUT2D eigenvalue weighted by Crippen LogP contribution is -2.17. The number of imidazole rings is 1. The Morgan fingerprint density at radius 1 is 1.38 bits per heavy atom. The van der Waals surface area contributed by atoms with Crippen molar-refractivity contribution in [2.75, 3.05) is 5.75 Å². The molecule has 0 N–H and O–H groups in total. The monoisotopic (exact) mass is 326 g/mol. The van der Waals surface area contributed by atoms with Crippen molar-refractivity contribution in [2.24, 2.45) is 0 Å². The van der Waals surface area contributed by atoms with Gasteiger partial charge in [0.05, 0.1) is 11.3 Å². The summed E-state index contributed by atoms with van der Waals surface area (Å²) in [5.74, 6) is 0.616. The first-order valence-electron chi connectivity index (χ1n) is 6.71. The zero-order valence-corrected chi connectivity index (χ0v) is 12.8. The van der Waals surface area contributed by atoms with Crippen molar-refractivity contribution in [3.63, 3.8) is 0 Å². The Morgan fingerprint density at radius 2 is 2.19 bits per heavy atom. The van der Waals surface area contributed by atoms with Crippen LogP contribution in [-0.2, 0) is 16.7 Å². The Bertz CT molecular complexity index is 725. The molecule has 1 aromatic carbocycles. The van der Waals surface area contributed by atoms with Gasteiger partial charge < -0.3 is 8.75 Å². The molecule has 21 heavy (non-hydrogen) atoms. The van der Waals surface area contributed by atoms with E-state index in [-0.39, 0.29) is 11.5 Å². The van der Waals surface area contributed by atoms with Crippen molar-refractivity contribution >= 4 is 21.7 Å². The number of hydrogen-bond acceptors (Lipinski definition) is 4. The van der Waals surface area contributed by atoms with Gasteiger partial charge in [-0.1, -0.05) is 17.7 Å². The zero-order chi connectivity index (χ0) is 14.9. The van der Waals surface area contributed by atoms with Gasteiger partial charge in [0.2, 0.25) is 0 Å². The van der Waals surface area contributed by atoms with Crippen molar-refractivity contribution in [2.45, 2.75) is 25.3 Å². The zero-order valence-electron chi connectivity index (χ0n) is 11.3. The van der Waals surface area contributed by atoms with Gasteiger partial charge in [0, 0.05) is 18.9 Å². The lowest BCUT2D eigenvalue weighted by Gasteiger charge is -2.10. The van der Waals surface area contributed by atoms with Crippen LogP contribution in [0.1, 0.15) is 24.3 Å². The summed E-state index contributed by atoms with van der Waals surface area (Å²) in [6, 6.07) is 5.30. The predicted molar refractivity (Wildman–Crippen MR) is 80.1 cm³/mol. The second-order valence-corrected chi connectivity index (χ2v) is 7.21. The van der Waals surface area contributed by atoms with Crippen molar-refractivity contribution < 1.29 is 12.6 Å². The first kappa shape index (κ1) is 14.4. The molecule has 1 aliphatic rings. The standard InChI is InChI=1S/C14H15ClN2O3S/c15-13-9-12(11-1-2-11)3-4-14(13)20-21(18,19)8-7-17-6-5-16-10-17/h3-6,9-11H,1-2,7-8H2. The summed E-state index contributed by atoms with van der Waals surface area (Å²) >= 11 is 6.10. The fourth-order valence-corrected chi connectivity index (χ4v) is 3.28. The minimum Gasteiger partial charge on any atom is -0.381 e. The van der Waals surface area contributed by atoms with Crippen molar-refractivity contribution in [1.82, 2.24) is 9.55 Å². The minimum absolute atomic E-state index is 0.135. The van der Waals surface area contributed by atoms with Crippen LogP contribution in [-0.4, -0.2) is 23.7 Å². The van der Waals surface area contributed by atoms with Gasteiger partial charge in [0.25, 0.3) is 0 Å². The van der Waals surface area contributed by atoms with Gasteiger partial charge in [-0.2, -0.15) is 8.42 Å². The predicted octanol–water partition coefficient (Wildman–Crippen LogP) is 2.82. The normalized spacial score (nSPS) is 15.1. The summed E-state index contributed by atoms with van der Waals surface area (Å²) in [7, 11) is -3.68. The Kier molecular flexibility index (Phi) is 3.91. The highest BCUT2D eigenvalue weighted by molar-refractivity contribution is 7.87. The van der Waals surface area contributed by atoms with E-state index in [2.05, 4.69) is 4.98 Å². The van der Waals surface area contributed by atoms with Crippen LogP contribution in [0.3, 0.4) is 0 Å². The molecule has 0 aliphatic heterocycles. The van der Waals surface area contributed by atoms with E-state index in [1.807, 2.05) is 6.07 Å². The molecule has 2 aromatic rings. The number of hydrogen-bond donors (Lipinski definition) is 0. The molecule has 0 spiro atoms. The van der Waals surface area contributed by atoms with Gasteiger partial charge in [-0.25, -0.2) is 4.98 Å². The van der Waals surface area contributed by atoms with E-state index < -0.39 is 10.1 Å². The summed E-state index contributed by atoms with van der Waals surface area (Å²) in [6.45, 7) is 0.292. The molecule has 112 valence electrons. The number of benzene rings is 1. The maximum absolute atomic E-state index is 12.0. The van der Waals surface area contributed by atoms with Gasteiger partial charge in [0.1, 0.15) is 5.75 Å². The average molecular weight is 327 g/mol. The molecule has 1 aliphatic carbocycles. The highest BCUT2D eigenvalue weighted by Crippen LogP contribution is 2.42. The number of aryl methyl sites for hydroxylation is 1. The Labute approximate surface area is 128 Å². The first-order chi connectivity index (χ1) is 10.0. The molecule has 0 atom stereocenters. The fourth-order valence-electron chi connectivity index (χ4n) is 2.07. The van der Waals surface area contributed by atoms with Crippen LogP contribution in [0.4, 0.5) is 0 Å². The summed E-state index contributed by atoms with van der Waals surface area (Å²) in [6.07, 6.45) is 7.19. The van der Waals surface area contributed by atoms with E-state index >= 15 is 0 Å². The van der Waals surface area contributed by atoms with Crippen molar-refractivity contribution in [3.05, 3.63) is 47.5 Å². The first-order valence-corrected chi connectivity index (χ1v) is 8.66. The smallest absolute Gasteiger partial charge is 0.311 e. The average Bonchev–Trinajstić information content (AvgIpc) is 3.15. The molecule has 0 amide bonds. The van der Waals surface area contributed by atoms with Gasteiger partial charge in [0.15, 0.2) is 5.75 Å². The molecular formula is C14H15ClN2O3S. The van der Waals surface area contributed by atoms with Gasteiger partial charge in [-0.3, -0.25) is 0 Å². The van der Waals surface area contributed by atoms with E-state index in [1.54, 1.807) is 35.4 Å². The van der Waals surface area contributed by atoms with E-state index in [0.29, 0.717) is 17.5 Å². The largest absolute Gasteiger partial charge is 0.381 e. The lowest BCUT2D eigenvalue weighted by atomic mass is 10.1. The maximum atomic E-state index is 12.0. The topological polar surface area (TPSA) is 61.2 Å². The molecule has 1 saturated carbocycles.